The number of hydrogen-bond acceptors (Lipinski definition) is 0. The summed E-state index contributed by atoms with van der Waals surface area (Å²) in [6.07, 6.45) is 19.7. The van der Waals surface area contributed by atoms with E-state index in [9.17, 15) is 0 Å². The van der Waals surface area contributed by atoms with Crippen molar-refractivity contribution >= 4 is 0 Å². The highest BCUT2D eigenvalue weighted by Gasteiger charge is 2.17. The van der Waals surface area contributed by atoms with Crippen molar-refractivity contribution in [1.82, 2.24) is 0 Å². The second kappa shape index (κ2) is 7.00. The molecule has 0 aromatic rings. The largest absolute Gasteiger partial charge is 0.120 e. The summed E-state index contributed by atoms with van der Waals surface area (Å²) in [6.45, 7) is 12.0. The van der Waals surface area contributed by atoms with Crippen molar-refractivity contribution in [2.75, 3.05) is 0 Å². The van der Waals surface area contributed by atoms with Gasteiger partial charge in [0.15, 0.2) is 0 Å². The Morgan fingerprint density at radius 2 is 2.05 bits per heavy atom. The maximum Gasteiger partial charge on any atom is 0.0305 e. The average Bonchev–Trinajstić information content (AvgIpc) is 2.37. The summed E-state index contributed by atoms with van der Waals surface area (Å²) in [4.78, 5) is 0. The molecule has 1 aliphatic rings. The quantitative estimate of drug-likeness (QED) is 0.350. The molecule has 19 heavy (non-hydrogen) atoms. The lowest BCUT2D eigenvalue weighted by Crippen LogP contribution is -2.08. The fourth-order valence-corrected chi connectivity index (χ4v) is 2.51. The van der Waals surface area contributed by atoms with E-state index in [2.05, 4.69) is 45.1 Å². The summed E-state index contributed by atoms with van der Waals surface area (Å²) < 4.78 is 0. The molecule has 0 spiro atoms. The zero-order valence-corrected chi connectivity index (χ0v) is 12.2. The van der Waals surface area contributed by atoms with Gasteiger partial charge in [-0.1, -0.05) is 68.5 Å². The Bertz CT molecular complexity index is 473. The van der Waals surface area contributed by atoms with Crippen LogP contribution in [0.3, 0.4) is 0 Å². The summed E-state index contributed by atoms with van der Waals surface area (Å²) in [5.41, 5.74) is 4.25. The first-order valence-corrected chi connectivity index (χ1v) is 6.80. The molecule has 0 radical (unpaired) electrons. The molecule has 0 bridgehead atoms. The molecule has 0 heteroatoms. The fraction of sp³-hybridized carbons (Fsp3) is 0.368. The molecule has 1 aliphatic carbocycles. The van der Waals surface area contributed by atoms with Crippen molar-refractivity contribution in [3.05, 3.63) is 60.3 Å². The zero-order valence-electron chi connectivity index (χ0n) is 12.2. The van der Waals surface area contributed by atoms with Gasteiger partial charge in [-0.3, -0.25) is 0 Å². The molecule has 0 N–H and O–H groups in total. The van der Waals surface area contributed by atoms with E-state index in [0.717, 1.165) is 25.7 Å². The standard InChI is InChI=1S/C19H24/c1-6-9-13-19(4,5)15-16-11-12-17(8-3)18(14-16)10-7-2/h2,6,8-9,13,15H,1,3,10-12,14H2,4-5H3/b13-9-,16-15+. The first-order valence-electron chi connectivity index (χ1n) is 6.80. The Hall–Kier alpha value is -1.74. The van der Waals surface area contributed by atoms with Gasteiger partial charge in [0.05, 0.1) is 0 Å². The molecule has 100 valence electrons. The zero-order chi connectivity index (χ0) is 14.3. The molecule has 1 rings (SSSR count). The maximum absolute atomic E-state index is 5.45. The van der Waals surface area contributed by atoms with E-state index >= 15 is 0 Å². The topological polar surface area (TPSA) is 0 Å². The Morgan fingerprint density at radius 1 is 1.32 bits per heavy atom. The van der Waals surface area contributed by atoms with Crippen LogP contribution >= 0.6 is 0 Å². The Morgan fingerprint density at radius 3 is 2.63 bits per heavy atom. The van der Waals surface area contributed by atoms with Crippen molar-refractivity contribution in [2.24, 2.45) is 5.41 Å². The molecular weight excluding hydrogens is 228 g/mol. The summed E-state index contributed by atoms with van der Waals surface area (Å²) in [5, 5.41) is 0. The number of hydrogen-bond donors (Lipinski definition) is 0. The van der Waals surface area contributed by atoms with Gasteiger partial charge in [-0.25, -0.2) is 0 Å². The van der Waals surface area contributed by atoms with Crippen LogP contribution < -0.4 is 0 Å². The van der Waals surface area contributed by atoms with Crippen LogP contribution in [-0.2, 0) is 0 Å². The van der Waals surface area contributed by atoms with E-state index in [4.69, 9.17) is 6.42 Å². The highest BCUT2D eigenvalue weighted by atomic mass is 14.2. The molecule has 0 nitrogen and oxygen atoms in total. The summed E-state index contributed by atoms with van der Waals surface area (Å²) >= 11 is 0. The molecule has 0 saturated carbocycles. The van der Waals surface area contributed by atoms with Gasteiger partial charge in [0, 0.05) is 11.8 Å². The third-order valence-corrected chi connectivity index (χ3v) is 3.41. The minimum Gasteiger partial charge on any atom is -0.120 e. The molecular formula is C19H24. The van der Waals surface area contributed by atoms with Gasteiger partial charge < -0.3 is 0 Å². The van der Waals surface area contributed by atoms with Gasteiger partial charge in [-0.05, 0) is 24.8 Å². The van der Waals surface area contributed by atoms with Crippen LogP contribution in [0, 0.1) is 17.8 Å². The lowest BCUT2D eigenvalue weighted by molar-refractivity contribution is 0.610. The summed E-state index contributed by atoms with van der Waals surface area (Å²) in [5.74, 6) is 2.76. The Labute approximate surface area is 118 Å². The predicted molar refractivity (Wildman–Crippen MR) is 85.7 cm³/mol. The predicted octanol–water partition coefficient (Wildman–Crippen LogP) is 5.37. The minimum absolute atomic E-state index is 0.0659. The molecule has 0 atom stereocenters. The van der Waals surface area contributed by atoms with Crippen LogP contribution in [0.25, 0.3) is 0 Å². The first-order chi connectivity index (χ1) is 9.02. The van der Waals surface area contributed by atoms with Crippen LogP contribution in [-0.4, -0.2) is 0 Å². The van der Waals surface area contributed by atoms with Crippen molar-refractivity contribution in [3.8, 4) is 12.3 Å². The van der Waals surface area contributed by atoms with Gasteiger partial charge in [-0.15, -0.1) is 12.3 Å². The normalized spacial score (nSPS) is 18.7. The maximum atomic E-state index is 5.45. The van der Waals surface area contributed by atoms with E-state index in [1.165, 1.54) is 16.7 Å². The Kier molecular flexibility index (Phi) is 5.64. The monoisotopic (exact) mass is 252 g/mol. The molecule has 0 unspecified atom stereocenters. The van der Waals surface area contributed by atoms with Crippen LogP contribution in [0.4, 0.5) is 0 Å². The van der Waals surface area contributed by atoms with Gasteiger partial charge in [0.25, 0.3) is 0 Å². The van der Waals surface area contributed by atoms with Gasteiger partial charge in [0.1, 0.15) is 0 Å². The molecule has 0 aliphatic heterocycles. The smallest absolute Gasteiger partial charge is 0.0305 e. The number of allylic oxidation sites excluding steroid dienone is 8. The first kappa shape index (κ1) is 15.3. The van der Waals surface area contributed by atoms with E-state index in [-0.39, 0.29) is 5.41 Å². The lowest BCUT2D eigenvalue weighted by atomic mass is 9.81. The molecule has 0 heterocycles. The van der Waals surface area contributed by atoms with Crippen molar-refractivity contribution in [3.63, 3.8) is 0 Å². The van der Waals surface area contributed by atoms with Gasteiger partial charge in [-0.2, -0.15) is 0 Å². The summed E-state index contributed by atoms with van der Waals surface area (Å²) in [6, 6.07) is 0. The lowest BCUT2D eigenvalue weighted by Gasteiger charge is -2.24. The van der Waals surface area contributed by atoms with Gasteiger partial charge in [0.2, 0.25) is 0 Å². The molecule has 0 saturated heterocycles. The summed E-state index contributed by atoms with van der Waals surface area (Å²) in [7, 11) is 0. The van der Waals surface area contributed by atoms with E-state index in [1.807, 2.05) is 18.2 Å². The number of terminal acetylenes is 1. The van der Waals surface area contributed by atoms with Crippen LogP contribution in [0.15, 0.2) is 60.3 Å². The second-order valence-electron chi connectivity index (χ2n) is 5.61. The number of rotatable bonds is 5. The SMILES string of the molecule is C#CCC1=C(C=C)CC/C(=C\C(C)(C)/C=C\C=C)C1. The molecule has 0 amide bonds. The highest BCUT2D eigenvalue weighted by Crippen LogP contribution is 2.34. The fourth-order valence-electron chi connectivity index (χ4n) is 2.51. The van der Waals surface area contributed by atoms with Crippen molar-refractivity contribution < 1.29 is 0 Å². The van der Waals surface area contributed by atoms with Crippen molar-refractivity contribution in [2.45, 2.75) is 39.5 Å². The van der Waals surface area contributed by atoms with Crippen LogP contribution in [0.5, 0.6) is 0 Å². The minimum atomic E-state index is 0.0659. The van der Waals surface area contributed by atoms with E-state index in [0.29, 0.717) is 0 Å². The van der Waals surface area contributed by atoms with E-state index < -0.39 is 0 Å². The molecule has 0 aromatic carbocycles. The third kappa shape index (κ3) is 4.79. The third-order valence-electron chi connectivity index (χ3n) is 3.41. The molecule has 0 aromatic heterocycles. The van der Waals surface area contributed by atoms with Crippen LogP contribution in [0.2, 0.25) is 0 Å². The Balaban J connectivity index is 2.92. The van der Waals surface area contributed by atoms with Crippen molar-refractivity contribution in [1.29, 1.82) is 0 Å². The van der Waals surface area contributed by atoms with E-state index in [1.54, 1.807) is 0 Å². The average molecular weight is 252 g/mol. The molecule has 0 fully saturated rings. The second-order valence-corrected chi connectivity index (χ2v) is 5.61. The van der Waals surface area contributed by atoms with Crippen LogP contribution in [0.1, 0.15) is 39.5 Å². The van der Waals surface area contributed by atoms with Gasteiger partial charge >= 0.3 is 0 Å². The highest BCUT2D eigenvalue weighted by molar-refractivity contribution is 5.36.